The summed E-state index contributed by atoms with van der Waals surface area (Å²) in [6.45, 7) is 4.20. The van der Waals surface area contributed by atoms with Gasteiger partial charge >= 0.3 is 0 Å². The smallest absolute Gasteiger partial charge is 0.119 e. The summed E-state index contributed by atoms with van der Waals surface area (Å²) in [7, 11) is 1.67. The number of methoxy groups -OCH3 is 1. The monoisotopic (exact) mass is 241 g/mol. The van der Waals surface area contributed by atoms with Crippen LogP contribution in [0.15, 0.2) is 42.5 Å². The van der Waals surface area contributed by atoms with Crippen molar-refractivity contribution in [3.63, 3.8) is 0 Å². The topological polar surface area (TPSA) is 35.2 Å². The lowest BCUT2D eigenvalue weighted by Crippen LogP contribution is -2.14. The first-order chi connectivity index (χ1) is 8.63. The molecule has 94 valence electrons. The summed E-state index contributed by atoms with van der Waals surface area (Å²) in [4.78, 5) is 0. The summed E-state index contributed by atoms with van der Waals surface area (Å²) >= 11 is 0. The zero-order chi connectivity index (χ0) is 13.1. The van der Waals surface area contributed by atoms with Crippen LogP contribution >= 0.6 is 0 Å². The van der Waals surface area contributed by atoms with Gasteiger partial charge in [0.15, 0.2) is 0 Å². The first-order valence-electron chi connectivity index (χ1n) is 6.09. The van der Waals surface area contributed by atoms with Crippen molar-refractivity contribution in [3.05, 3.63) is 64.7 Å². The summed E-state index contributed by atoms with van der Waals surface area (Å²) in [6, 6.07) is 14.1. The minimum Gasteiger partial charge on any atom is -0.497 e. The van der Waals surface area contributed by atoms with E-state index < -0.39 is 0 Å². The van der Waals surface area contributed by atoms with Gasteiger partial charge < -0.3 is 10.5 Å². The third-order valence-electron chi connectivity index (χ3n) is 3.31. The Balaban J connectivity index is 2.44. The van der Waals surface area contributed by atoms with Gasteiger partial charge in [0.25, 0.3) is 0 Å². The maximum atomic E-state index is 6.39. The van der Waals surface area contributed by atoms with E-state index in [1.54, 1.807) is 7.11 Å². The highest BCUT2D eigenvalue weighted by molar-refractivity contribution is 5.43. The van der Waals surface area contributed by atoms with Crippen molar-refractivity contribution in [2.24, 2.45) is 5.73 Å². The molecule has 0 spiro atoms. The molecular formula is C16H19NO. The number of rotatable bonds is 3. The van der Waals surface area contributed by atoms with Crippen molar-refractivity contribution < 1.29 is 4.74 Å². The van der Waals surface area contributed by atoms with Crippen LogP contribution in [0.5, 0.6) is 5.75 Å². The van der Waals surface area contributed by atoms with Gasteiger partial charge in [0.2, 0.25) is 0 Å². The SMILES string of the molecule is COc1cccc(C(N)c2c(C)cccc2C)c1. The maximum Gasteiger partial charge on any atom is 0.119 e. The third-order valence-corrected chi connectivity index (χ3v) is 3.31. The molecule has 0 aliphatic heterocycles. The van der Waals surface area contributed by atoms with Crippen molar-refractivity contribution in [3.8, 4) is 5.75 Å². The average Bonchev–Trinajstić information content (AvgIpc) is 2.38. The molecule has 2 aromatic carbocycles. The van der Waals surface area contributed by atoms with Gasteiger partial charge in [0, 0.05) is 0 Å². The molecule has 0 radical (unpaired) electrons. The van der Waals surface area contributed by atoms with Crippen molar-refractivity contribution in [1.29, 1.82) is 0 Å². The van der Waals surface area contributed by atoms with Crippen LogP contribution in [-0.2, 0) is 0 Å². The molecule has 2 rings (SSSR count). The van der Waals surface area contributed by atoms with Crippen LogP contribution in [0.1, 0.15) is 28.3 Å². The Hall–Kier alpha value is -1.80. The second-order valence-corrected chi connectivity index (χ2v) is 4.56. The highest BCUT2D eigenvalue weighted by Crippen LogP contribution is 2.27. The molecule has 0 aliphatic rings. The van der Waals surface area contributed by atoms with Gasteiger partial charge in [-0.3, -0.25) is 0 Å². The second-order valence-electron chi connectivity index (χ2n) is 4.56. The van der Waals surface area contributed by atoms with Gasteiger partial charge in [0.05, 0.1) is 13.2 Å². The molecule has 0 saturated heterocycles. The number of hydrogen-bond acceptors (Lipinski definition) is 2. The Morgan fingerprint density at radius 2 is 1.61 bits per heavy atom. The van der Waals surface area contributed by atoms with E-state index in [1.165, 1.54) is 16.7 Å². The van der Waals surface area contributed by atoms with Gasteiger partial charge in [0.1, 0.15) is 5.75 Å². The van der Waals surface area contributed by atoms with E-state index in [-0.39, 0.29) is 6.04 Å². The molecule has 2 N–H and O–H groups in total. The second kappa shape index (κ2) is 5.23. The predicted molar refractivity (Wildman–Crippen MR) is 74.9 cm³/mol. The molecule has 2 heteroatoms. The van der Waals surface area contributed by atoms with Crippen LogP contribution in [0.4, 0.5) is 0 Å². The standard InChI is InChI=1S/C16H19NO/c1-11-6-4-7-12(2)15(11)16(17)13-8-5-9-14(10-13)18-3/h4-10,16H,17H2,1-3H3. The normalized spacial score (nSPS) is 12.2. The van der Waals surface area contributed by atoms with E-state index in [9.17, 15) is 0 Å². The molecule has 0 aliphatic carbocycles. The molecule has 1 unspecified atom stereocenters. The lowest BCUT2D eigenvalue weighted by atomic mass is 9.92. The van der Waals surface area contributed by atoms with E-state index in [4.69, 9.17) is 10.5 Å². The van der Waals surface area contributed by atoms with Crippen LogP contribution in [0, 0.1) is 13.8 Å². The molecule has 0 saturated carbocycles. The largest absolute Gasteiger partial charge is 0.497 e. The third kappa shape index (κ3) is 2.39. The molecule has 2 nitrogen and oxygen atoms in total. The number of hydrogen-bond donors (Lipinski definition) is 1. The summed E-state index contributed by atoms with van der Waals surface area (Å²) in [6.07, 6.45) is 0. The Bertz CT molecular complexity index is 528. The van der Waals surface area contributed by atoms with Crippen LogP contribution < -0.4 is 10.5 Å². The van der Waals surface area contributed by atoms with Gasteiger partial charge in [-0.25, -0.2) is 0 Å². The Morgan fingerprint density at radius 1 is 1.00 bits per heavy atom. The number of benzene rings is 2. The molecule has 18 heavy (non-hydrogen) atoms. The minimum atomic E-state index is -0.110. The number of nitrogens with two attached hydrogens (primary N) is 1. The summed E-state index contributed by atoms with van der Waals surface area (Å²) in [5.74, 6) is 0.842. The quantitative estimate of drug-likeness (QED) is 0.894. The van der Waals surface area contributed by atoms with Crippen molar-refractivity contribution in [1.82, 2.24) is 0 Å². The van der Waals surface area contributed by atoms with Gasteiger partial charge in [-0.15, -0.1) is 0 Å². The predicted octanol–water partition coefficient (Wildman–Crippen LogP) is 3.36. The van der Waals surface area contributed by atoms with E-state index in [2.05, 4.69) is 32.0 Å². The van der Waals surface area contributed by atoms with Crippen molar-refractivity contribution >= 4 is 0 Å². The molecular weight excluding hydrogens is 222 g/mol. The van der Waals surface area contributed by atoms with Gasteiger partial charge in [-0.2, -0.15) is 0 Å². The van der Waals surface area contributed by atoms with E-state index in [0.717, 1.165) is 11.3 Å². The first kappa shape index (κ1) is 12.7. The molecule has 1 atom stereocenters. The fourth-order valence-corrected chi connectivity index (χ4v) is 2.32. The van der Waals surface area contributed by atoms with Crippen LogP contribution in [0.3, 0.4) is 0 Å². The zero-order valence-electron chi connectivity index (χ0n) is 11.1. The Morgan fingerprint density at radius 3 is 2.22 bits per heavy atom. The van der Waals surface area contributed by atoms with E-state index in [0.29, 0.717) is 0 Å². The first-order valence-corrected chi connectivity index (χ1v) is 6.09. The fraction of sp³-hybridized carbons (Fsp3) is 0.250. The minimum absolute atomic E-state index is 0.110. The summed E-state index contributed by atoms with van der Waals surface area (Å²) in [5.41, 5.74) is 11.1. The molecule has 0 bridgehead atoms. The van der Waals surface area contributed by atoms with Crippen LogP contribution in [0.2, 0.25) is 0 Å². The zero-order valence-corrected chi connectivity index (χ0v) is 11.1. The lowest BCUT2D eigenvalue weighted by molar-refractivity contribution is 0.414. The highest BCUT2D eigenvalue weighted by atomic mass is 16.5. The average molecular weight is 241 g/mol. The molecule has 0 amide bonds. The van der Waals surface area contributed by atoms with E-state index in [1.807, 2.05) is 24.3 Å². The summed E-state index contributed by atoms with van der Waals surface area (Å²) in [5, 5.41) is 0. The number of ether oxygens (including phenoxy) is 1. The Labute approximate surface area is 108 Å². The van der Waals surface area contributed by atoms with E-state index >= 15 is 0 Å². The number of aryl methyl sites for hydroxylation is 2. The molecule has 0 aromatic heterocycles. The summed E-state index contributed by atoms with van der Waals surface area (Å²) < 4.78 is 5.25. The molecule has 2 aromatic rings. The van der Waals surface area contributed by atoms with Crippen molar-refractivity contribution in [2.75, 3.05) is 7.11 Å². The highest BCUT2D eigenvalue weighted by Gasteiger charge is 2.14. The van der Waals surface area contributed by atoms with Crippen LogP contribution in [-0.4, -0.2) is 7.11 Å². The van der Waals surface area contributed by atoms with Crippen LogP contribution in [0.25, 0.3) is 0 Å². The fourth-order valence-electron chi connectivity index (χ4n) is 2.32. The van der Waals surface area contributed by atoms with Gasteiger partial charge in [-0.05, 0) is 48.2 Å². The maximum absolute atomic E-state index is 6.39. The van der Waals surface area contributed by atoms with Gasteiger partial charge in [-0.1, -0.05) is 30.3 Å². The molecule has 0 fully saturated rings. The molecule has 0 heterocycles. The van der Waals surface area contributed by atoms with Crippen molar-refractivity contribution in [2.45, 2.75) is 19.9 Å². The lowest BCUT2D eigenvalue weighted by Gasteiger charge is -2.18. The Kier molecular flexibility index (Phi) is 3.68.